The molecule has 1 atom stereocenters. The third kappa shape index (κ3) is 3.49. The highest BCUT2D eigenvalue weighted by molar-refractivity contribution is 4.72. The Morgan fingerprint density at radius 1 is 1.70 bits per heavy atom. The molecule has 5 nitrogen and oxygen atoms in total. The zero-order valence-electron chi connectivity index (χ0n) is 5.82. The molecule has 0 aromatic carbocycles. The van der Waals surface area contributed by atoms with Gasteiger partial charge in [-0.1, -0.05) is 5.18 Å². The quantitative estimate of drug-likeness (QED) is 0.358. The Bertz CT molecular complexity index is 115. The fraction of sp³-hybridized carbons (Fsp3) is 1.00. The summed E-state index contributed by atoms with van der Waals surface area (Å²) >= 11 is 0. The molecule has 0 amide bonds. The predicted molar refractivity (Wildman–Crippen MR) is 36.1 cm³/mol. The average molecular weight is 148 g/mol. The number of hydrogen-bond donors (Lipinski definition) is 3. The molecular weight excluding hydrogens is 136 g/mol. The van der Waals surface area contributed by atoms with E-state index >= 15 is 0 Å². The SMILES string of the molecule is CC(CC(O)(O)CN)N=O. The molecule has 0 saturated carbocycles. The van der Waals surface area contributed by atoms with Crippen LogP contribution in [0.4, 0.5) is 0 Å². The summed E-state index contributed by atoms with van der Waals surface area (Å²) in [6.07, 6.45) is -0.118. The van der Waals surface area contributed by atoms with Gasteiger partial charge in [0.2, 0.25) is 0 Å². The molecule has 0 aliphatic rings. The molecule has 60 valence electrons. The molecule has 0 aliphatic carbocycles. The summed E-state index contributed by atoms with van der Waals surface area (Å²) < 4.78 is 0. The van der Waals surface area contributed by atoms with Gasteiger partial charge in [0.25, 0.3) is 0 Å². The molecule has 4 N–H and O–H groups in total. The van der Waals surface area contributed by atoms with Gasteiger partial charge in [-0.15, -0.1) is 0 Å². The Kier molecular flexibility index (Phi) is 3.41. The van der Waals surface area contributed by atoms with Gasteiger partial charge in [-0.05, 0) is 6.92 Å². The van der Waals surface area contributed by atoms with Gasteiger partial charge in [0.05, 0.1) is 6.04 Å². The van der Waals surface area contributed by atoms with E-state index in [9.17, 15) is 4.91 Å². The summed E-state index contributed by atoms with van der Waals surface area (Å²) in [5, 5.41) is 20.3. The van der Waals surface area contributed by atoms with Crippen LogP contribution in [0.5, 0.6) is 0 Å². The molecule has 0 bridgehead atoms. The van der Waals surface area contributed by atoms with Crippen molar-refractivity contribution in [1.82, 2.24) is 0 Å². The van der Waals surface area contributed by atoms with E-state index < -0.39 is 11.8 Å². The Labute approximate surface area is 58.8 Å². The van der Waals surface area contributed by atoms with Crippen LogP contribution >= 0.6 is 0 Å². The molecule has 0 saturated heterocycles. The summed E-state index contributed by atoms with van der Waals surface area (Å²) in [7, 11) is 0. The normalized spacial score (nSPS) is 14.8. The topological polar surface area (TPSA) is 95.9 Å². The summed E-state index contributed by atoms with van der Waals surface area (Å²) in [4.78, 5) is 9.79. The van der Waals surface area contributed by atoms with Gasteiger partial charge < -0.3 is 15.9 Å². The zero-order valence-corrected chi connectivity index (χ0v) is 5.82. The summed E-state index contributed by atoms with van der Waals surface area (Å²) in [5.74, 6) is -1.95. The number of nitroso groups, excluding NO2 is 1. The first kappa shape index (κ1) is 9.48. The zero-order chi connectivity index (χ0) is 8.20. The third-order valence-electron chi connectivity index (χ3n) is 1.13. The predicted octanol–water partition coefficient (Wildman–Crippen LogP) is -0.829. The fourth-order valence-electron chi connectivity index (χ4n) is 0.594. The van der Waals surface area contributed by atoms with E-state index in [4.69, 9.17) is 15.9 Å². The minimum atomic E-state index is -1.95. The Morgan fingerprint density at radius 2 is 2.20 bits per heavy atom. The van der Waals surface area contributed by atoms with Gasteiger partial charge >= 0.3 is 0 Å². The van der Waals surface area contributed by atoms with Crippen molar-refractivity contribution < 1.29 is 10.2 Å². The van der Waals surface area contributed by atoms with Gasteiger partial charge in [-0.25, -0.2) is 0 Å². The number of aliphatic hydroxyl groups is 2. The summed E-state index contributed by atoms with van der Waals surface area (Å²) in [6.45, 7) is 1.21. The van der Waals surface area contributed by atoms with Crippen molar-refractivity contribution in [3.63, 3.8) is 0 Å². The highest BCUT2D eigenvalue weighted by Crippen LogP contribution is 2.08. The summed E-state index contributed by atoms with van der Waals surface area (Å²) in [6, 6.07) is -0.612. The van der Waals surface area contributed by atoms with Crippen molar-refractivity contribution in [2.75, 3.05) is 6.54 Å². The van der Waals surface area contributed by atoms with Crippen LogP contribution in [0.25, 0.3) is 0 Å². The lowest BCUT2D eigenvalue weighted by Gasteiger charge is -2.19. The van der Waals surface area contributed by atoms with E-state index in [1.807, 2.05) is 0 Å². The van der Waals surface area contributed by atoms with Crippen molar-refractivity contribution in [3.8, 4) is 0 Å². The van der Waals surface area contributed by atoms with Crippen LogP contribution in [0.1, 0.15) is 13.3 Å². The molecule has 10 heavy (non-hydrogen) atoms. The number of rotatable bonds is 4. The van der Waals surface area contributed by atoms with Crippen LogP contribution in [0.3, 0.4) is 0 Å². The highest BCUT2D eigenvalue weighted by Gasteiger charge is 2.23. The molecule has 0 aromatic heterocycles. The molecule has 0 rings (SSSR count). The first-order valence-corrected chi connectivity index (χ1v) is 2.99. The van der Waals surface area contributed by atoms with Crippen LogP contribution in [0.15, 0.2) is 5.18 Å². The van der Waals surface area contributed by atoms with E-state index in [-0.39, 0.29) is 13.0 Å². The minimum Gasteiger partial charge on any atom is -0.364 e. The lowest BCUT2D eigenvalue weighted by molar-refractivity contribution is -0.158. The van der Waals surface area contributed by atoms with Gasteiger partial charge in [0, 0.05) is 13.0 Å². The second-order valence-corrected chi connectivity index (χ2v) is 2.35. The minimum absolute atomic E-state index is 0.118. The lowest BCUT2D eigenvalue weighted by Crippen LogP contribution is -2.39. The first-order chi connectivity index (χ1) is 4.52. The van der Waals surface area contributed by atoms with Crippen molar-refractivity contribution in [2.45, 2.75) is 25.2 Å². The molecule has 0 fully saturated rings. The average Bonchev–Trinajstić information content (AvgIpc) is 1.87. The highest BCUT2D eigenvalue weighted by atomic mass is 16.5. The summed E-state index contributed by atoms with van der Waals surface area (Å²) in [5.41, 5.74) is 4.97. The van der Waals surface area contributed by atoms with Crippen LogP contribution in [0.2, 0.25) is 0 Å². The van der Waals surface area contributed by atoms with E-state index in [2.05, 4.69) is 5.18 Å². The van der Waals surface area contributed by atoms with E-state index in [1.54, 1.807) is 0 Å². The van der Waals surface area contributed by atoms with Gasteiger partial charge in [0.15, 0.2) is 5.79 Å². The first-order valence-electron chi connectivity index (χ1n) is 2.99. The molecule has 0 spiro atoms. The van der Waals surface area contributed by atoms with Crippen LogP contribution in [-0.4, -0.2) is 28.6 Å². The molecule has 5 heteroatoms. The molecule has 0 heterocycles. The maximum atomic E-state index is 9.79. The van der Waals surface area contributed by atoms with Crippen molar-refractivity contribution in [3.05, 3.63) is 4.91 Å². The maximum Gasteiger partial charge on any atom is 0.177 e. The molecule has 0 aliphatic heterocycles. The van der Waals surface area contributed by atoms with Gasteiger partial charge in [0.1, 0.15) is 0 Å². The fourth-order valence-corrected chi connectivity index (χ4v) is 0.594. The number of nitrogens with two attached hydrogens (primary N) is 1. The standard InChI is InChI=1S/C5H12N2O3/c1-4(7-10)2-5(8,9)3-6/h4,8-9H,2-3,6H2,1H3. The maximum absolute atomic E-state index is 9.79. The second-order valence-electron chi connectivity index (χ2n) is 2.35. The Morgan fingerprint density at radius 3 is 2.50 bits per heavy atom. The smallest absolute Gasteiger partial charge is 0.177 e. The molecular formula is C5H12N2O3. The molecule has 1 unspecified atom stereocenters. The number of nitrogens with zero attached hydrogens (tertiary/aromatic N) is 1. The largest absolute Gasteiger partial charge is 0.364 e. The second kappa shape index (κ2) is 3.60. The Balaban J connectivity index is 3.75. The van der Waals surface area contributed by atoms with Crippen LogP contribution in [0, 0.1) is 4.91 Å². The number of hydrogen-bond acceptors (Lipinski definition) is 5. The van der Waals surface area contributed by atoms with Crippen molar-refractivity contribution in [1.29, 1.82) is 0 Å². The molecule has 0 aromatic rings. The lowest BCUT2D eigenvalue weighted by atomic mass is 10.1. The van der Waals surface area contributed by atoms with E-state index in [0.717, 1.165) is 0 Å². The van der Waals surface area contributed by atoms with Crippen LogP contribution in [-0.2, 0) is 0 Å². The molecule has 0 radical (unpaired) electrons. The van der Waals surface area contributed by atoms with Gasteiger partial charge in [-0.3, -0.25) is 0 Å². The van der Waals surface area contributed by atoms with E-state index in [0.29, 0.717) is 0 Å². The monoisotopic (exact) mass is 148 g/mol. The van der Waals surface area contributed by atoms with Gasteiger partial charge in [-0.2, -0.15) is 4.91 Å². The third-order valence-corrected chi connectivity index (χ3v) is 1.13. The Hall–Kier alpha value is -0.520. The van der Waals surface area contributed by atoms with Crippen LogP contribution < -0.4 is 5.73 Å². The van der Waals surface area contributed by atoms with Crippen molar-refractivity contribution >= 4 is 0 Å². The van der Waals surface area contributed by atoms with E-state index in [1.165, 1.54) is 6.92 Å². The van der Waals surface area contributed by atoms with Crippen molar-refractivity contribution in [2.24, 2.45) is 10.9 Å².